The average molecular weight is 447 g/mol. The van der Waals surface area contributed by atoms with Crippen molar-refractivity contribution in [1.82, 2.24) is 15.5 Å². The molecule has 0 saturated heterocycles. The molecule has 0 fully saturated rings. The highest BCUT2D eigenvalue weighted by Crippen LogP contribution is 2.23. The maximum Gasteiger partial charge on any atom is 0.408 e. The summed E-state index contributed by atoms with van der Waals surface area (Å²) >= 11 is 0. The summed E-state index contributed by atoms with van der Waals surface area (Å²) in [4.78, 5) is 51.8. The number of hydrogen-bond donors (Lipinski definition) is 3. The Morgan fingerprint density at radius 2 is 1.72 bits per heavy atom. The lowest BCUT2D eigenvalue weighted by atomic mass is 10.0. The predicted octanol–water partition coefficient (Wildman–Crippen LogP) is 2.04. The van der Waals surface area contributed by atoms with E-state index in [1.807, 2.05) is 0 Å². The second-order valence-electron chi connectivity index (χ2n) is 8.63. The topological polar surface area (TPSA) is 131 Å². The van der Waals surface area contributed by atoms with Gasteiger partial charge in [0.15, 0.2) is 0 Å². The number of rotatable bonds is 10. The molecule has 0 aliphatic heterocycles. The highest BCUT2D eigenvalue weighted by atomic mass is 16.6. The number of nitrogens with two attached hydrogens (primary N) is 1. The number of carbonyl (C=O) groups excluding carboxylic acids is 4. The van der Waals surface area contributed by atoms with E-state index in [9.17, 15) is 19.2 Å². The molecule has 2 atom stereocenters. The Morgan fingerprint density at radius 3 is 2.19 bits per heavy atom. The fraction of sp³-hybridized carbons (Fsp3) is 0.478. The van der Waals surface area contributed by atoms with Gasteiger partial charge in [-0.3, -0.25) is 14.4 Å². The number of benzene rings is 1. The molecule has 0 bridgehead atoms. The van der Waals surface area contributed by atoms with E-state index in [0.29, 0.717) is 5.56 Å². The third kappa shape index (κ3) is 8.79. The van der Waals surface area contributed by atoms with Gasteiger partial charge in [0.2, 0.25) is 17.7 Å². The first kappa shape index (κ1) is 26.7. The molecule has 0 heterocycles. The normalized spacial score (nSPS) is 12.9. The van der Waals surface area contributed by atoms with Crippen molar-refractivity contribution in [2.24, 2.45) is 5.73 Å². The van der Waals surface area contributed by atoms with Gasteiger partial charge >= 0.3 is 6.09 Å². The van der Waals surface area contributed by atoms with Crippen LogP contribution in [0.3, 0.4) is 0 Å². The van der Waals surface area contributed by atoms with Gasteiger partial charge in [0.1, 0.15) is 17.7 Å². The fourth-order valence-corrected chi connectivity index (χ4v) is 2.98. The molecule has 0 aliphatic rings. The first-order valence-corrected chi connectivity index (χ1v) is 10.4. The molecule has 0 radical (unpaired) electrons. The average Bonchev–Trinajstić information content (AvgIpc) is 2.65. The van der Waals surface area contributed by atoms with Crippen LogP contribution in [0, 0.1) is 0 Å². The van der Waals surface area contributed by atoms with Gasteiger partial charge in [-0.25, -0.2) is 4.79 Å². The zero-order valence-electron chi connectivity index (χ0n) is 19.4. The van der Waals surface area contributed by atoms with Crippen molar-refractivity contribution in [3.8, 4) is 0 Å². The number of alkyl carbamates (subject to hydrolysis) is 1. The molecule has 1 rings (SSSR count). The van der Waals surface area contributed by atoms with Crippen molar-refractivity contribution in [3.05, 3.63) is 48.6 Å². The van der Waals surface area contributed by atoms with E-state index in [4.69, 9.17) is 10.5 Å². The zero-order valence-corrected chi connectivity index (χ0v) is 19.4. The number of carbonyl (C=O) groups is 4. The van der Waals surface area contributed by atoms with E-state index in [0.717, 1.165) is 0 Å². The highest BCUT2D eigenvalue weighted by Gasteiger charge is 2.36. The van der Waals surface area contributed by atoms with Crippen LogP contribution in [0.2, 0.25) is 0 Å². The summed E-state index contributed by atoms with van der Waals surface area (Å²) in [7, 11) is 0. The van der Waals surface area contributed by atoms with E-state index >= 15 is 0 Å². The van der Waals surface area contributed by atoms with E-state index in [2.05, 4.69) is 17.2 Å². The van der Waals surface area contributed by atoms with Gasteiger partial charge in [-0.15, -0.1) is 6.58 Å². The monoisotopic (exact) mass is 446 g/mol. The van der Waals surface area contributed by atoms with E-state index in [-0.39, 0.29) is 12.6 Å². The lowest BCUT2D eigenvalue weighted by Crippen LogP contribution is -2.54. The van der Waals surface area contributed by atoms with Crippen LogP contribution < -0.4 is 16.4 Å². The van der Waals surface area contributed by atoms with Gasteiger partial charge in [0, 0.05) is 12.6 Å². The summed E-state index contributed by atoms with van der Waals surface area (Å²) in [6.07, 6.45) is 0.128. The molecule has 2 unspecified atom stereocenters. The Bertz CT molecular complexity index is 817. The largest absolute Gasteiger partial charge is 0.444 e. The number of primary amides is 1. The number of amides is 4. The third-order valence-corrected chi connectivity index (χ3v) is 4.11. The molecular formula is C23H34N4O5. The molecule has 4 amide bonds. The number of hydrogen-bond acceptors (Lipinski definition) is 5. The first-order chi connectivity index (χ1) is 14.9. The predicted molar refractivity (Wildman–Crippen MR) is 121 cm³/mol. The van der Waals surface area contributed by atoms with Gasteiger partial charge in [-0.2, -0.15) is 0 Å². The molecule has 0 aromatic heterocycles. The molecular weight excluding hydrogens is 412 g/mol. The summed E-state index contributed by atoms with van der Waals surface area (Å²) in [6.45, 7) is 12.3. The van der Waals surface area contributed by atoms with E-state index in [1.54, 1.807) is 65.0 Å². The smallest absolute Gasteiger partial charge is 0.408 e. The van der Waals surface area contributed by atoms with Crippen LogP contribution in [-0.4, -0.2) is 52.9 Å². The summed E-state index contributed by atoms with van der Waals surface area (Å²) < 4.78 is 5.21. The van der Waals surface area contributed by atoms with Crippen LogP contribution in [0.5, 0.6) is 0 Å². The SMILES string of the molecule is C=CCN(C(=O)C(CC(N)=O)NC(=O)OC(C)(C)C)C(C(=O)NC(C)C)c1ccccc1. The van der Waals surface area contributed by atoms with Crippen LogP contribution in [0.25, 0.3) is 0 Å². The van der Waals surface area contributed by atoms with E-state index < -0.39 is 47.9 Å². The van der Waals surface area contributed by atoms with Crippen molar-refractivity contribution in [1.29, 1.82) is 0 Å². The molecule has 0 aliphatic carbocycles. The standard InChI is InChI=1S/C23H34N4O5/c1-7-13-27(19(20(29)25-15(2)3)16-11-9-8-10-12-16)21(30)17(14-18(24)28)26-22(31)32-23(4,5)6/h7-12,15,17,19H,1,13-14H2,2-6H3,(H2,24,28)(H,25,29)(H,26,31). The number of ether oxygens (including phenoxy) is 1. The molecule has 0 spiro atoms. The van der Waals surface area contributed by atoms with Gasteiger partial charge in [-0.1, -0.05) is 36.4 Å². The molecule has 32 heavy (non-hydrogen) atoms. The molecule has 4 N–H and O–H groups in total. The number of nitrogens with zero attached hydrogens (tertiary/aromatic N) is 1. The molecule has 0 saturated carbocycles. The Balaban J connectivity index is 3.36. The summed E-state index contributed by atoms with van der Waals surface area (Å²) in [5.41, 5.74) is 5.08. The van der Waals surface area contributed by atoms with Gasteiger partial charge in [0.05, 0.1) is 6.42 Å². The van der Waals surface area contributed by atoms with Crippen LogP contribution >= 0.6 is 0 Å². The Kier molecular flexibility index (Phi) is 9.90. The minimum atomic E-state index is -1.32. The van der Waals surface area contributed by atoms with Crippen molar-refractivity contribution < 1.29 is 23.9 Å². The van der Waals surface area contributed by atoms with Gasteiger partial charge < -0.3 is 26.0 Å². The van der Waals surface area contributed by atoms with Crippen LogP contribution in [-0.2, 0) is 19.1 Å². The maximum atomic E-state index is 13.5. The Morgan fingerprint density at radius 1 is 1.12 bits per heavy atom. The van der Waals surface area contributed by atoms with Gasteiger partial charge in [-0.05, 0) is 40.2 Å². The van der Waals surface area contributed by atoms with Crippen LogP contribution in [0.1, 0.15) is 52.6 Å². The third-order valence-electron chi connectivity index (χ3n) is 4.11. The van der Waals surface area contributed by atoms with Crippen molar-refractivity contribution in [3.63, 3.8) is 0 Å². The molecule has 176 valence electrons. The molecule has 9 heteroatoms. The van der Waals surface area contributed by atoms with E-state index in [1.165, 1.54) is 11.0 Å². The number of nitrogens with one attached hydrogen (secondary N) is 2. The zero-order chi connectivity index (χ0) is 24.5. The summed E-state index contributed by atoms with van der Waals surface area (Å²) in [6, 6.07) is 6.23. The second kappa shape index (κ2) is 11.9. The molecule has 1 aromatic carbocycles. The first-order valence-electron chi connectivity index (χ1n) is 10.4. The molecule has 9 nitrogen and oxygen atoms in total. The minimum absolute atomic E-state index is 0.00479. The minimum Gasteiger partial charge on any atom is -0.444 e. The fourth-order valence-electron chi connectivity index (χ4n) is 2.98. The summed E-state index contributed by atoms with van der Waals surface area (Å²) in [5.74, 6) is -1.86. The maximum absolute atomic E-state index is 13.5. The quantitative estimate of drug-likeness (QED) is 0.473. The summed E-state index contributed by atoms with van der Waals surface area (Å²) in [5, 5.41) is 5.23. The lowest BCUT2D eigenvalue weighted by molar-refractivity contribution is -0.142. The second-order valence-corrected chi connectivity index (χ2v) is 8.63. The lowest BCUT2D eigenvalue weighted by Gasteiger charge is -2.34. The van der Waals surface area contributed by atoms with Crippen molar-refractivity contribution in [2.75, 3.05) is 6.54 Å². The van der Waals surface area contributed by atoms with Crippen LogP contribution in [0.15, 0.2) is 43.0 Å². The molecule has 1 aromatic rings. The Hall–Kier alpha value is -3.36. The highest BCUT2D eigenvalue weighted by molar-refractivity contribution is 5.94. The van der Waals surface area contributed by atoms with Crippen molar-refractivity contribution in [2.45, 2.75) is 64.8 Å². The van der Waals surface area contributed by atoms with Gasteiger partial charge in [0.25, 0.3) is 0 Å². The van der Waals surface area contributed by atoms with Crippen molar-refractivity contribution >= 4 is 23.8 Å². The Labute approximate surface area is 189 Å². The van der Waals surface area contributed by atoms with Crippen LogP contribution in [0.4, 0.5) is 4.79 Å².